The van der Waals surface area contributed by atoms with Crippen molar-refractivity contribution in [1.82, 2.24) is 4.72 Å². The van der Waals surface area contributed by atoms with Gasteiger partial charge in [-0.25, -0.2) is 13.1 Å². The first kappa shape index (κ1) is 20.3. The number of nitrogens with zero attached hydrogens (tertiary/aromatic N) is 1. The van der Waals surface area contributed by atoms with Crippen LogP contribution in [0.15, 0.2) is 47.4 Å². The van der Waals surface area contributed by atoms with Crippen LogP contribution in [-0.2, 0) is 14.8 Å². The molecule has 0 radical (unpaired) electrons. The van der Waals surface area contributed by atoms with Crippen LogP contribution in [0.1, 0.15) is 12.0 Å². The van der Waals surface area contributed by atoms with E-state index in [0.717, 1.165) is 0 Å². The molecule has 9 nitrogen and oxygen atoms in total. The largest absolute Gasteiger partial charge is 0.497 e. The maximum atomic E-state index is 12.2. The average molecular weight is 393 g/mol. The third-order valence-electron chi connectivity index (χ3n) is 3.71. The number of hydrogen-bond acceptors (Lipinski definition) is 6. The van der Waals surface area contributed by atoms with Crippen LogP contribution in [-0.4, -0.2) is 32.9 Å². The highest BCUT2D eigenvalue weighted by molar-refractivity contribution is 7.89. The Hall–Kier alpha value is -2.98. The molecule has 2 rings (SSSR count). The molecule has 0 saturated carbocycles. The van der Waals surface area contributed by atoms with E-state index in [1.807, 2.05) is 0 Å². The van der Waals surface area contributed by atoms with Gasteiger partial charge in [-0.05, 0) is 42.8 Å². The number of benzene rings is 2. The van der Waals surface area contributed by atoms with Crippen molar-refractivity contribution in [2.24, 2.45) is 0 Å². The number of non-ortho nitro benzene ring substituents is 1. The van der Waals surface area contributed by atoms with Gasteiger partial charge in [-0.1, -0.05) is 0 Å². The van der Waals surface area contributed by atoms with Gasteiger partial charge in [0, 0.05) is 30.8 Å². The lowest BCUT2D eigenvalue weighted by molar-refractivity contribution is -0.384. The Kier molecular flexibility index (Phi) is 6.48. The highest BCUT2D eigenvalue weighted by Gasteiger charge is 2.15. The summed E-state index contributed by atoms with van der Waals surface area (Å²) in [6.07, 6.45) is -0.0915. The van der Waals surface area contributed by atoms with Crippen LogP contribution in [0, 0.1) is 17.0 Å². The summed E-state index contributed by atoms with van der Waals surface area (Å²) < 4.78 is 31.7. The van der Waals surface area contributed by atoms with Gasteiger partial charge in [0.2, 0.25) is 15.9 Å². The van der Waals surface area contributed by atoms with Crippen LogP contribution in [0.4, 0.5) is 11.4 Å². The predicted molar refractivity (Wildman–Crippen MR) is 99.3 cm³/mol. The van der Waals surface area contributed by atoms with Crippen molar-refractivity contribution in [3.8, 4) is 5.75 Å². The second kappa shape index (κ2) is 8.60. The Bertz CT molecular complexity index is 942. The van der Waals surface area contributed by atoms with Crippen LogP contribution in [0.25, 0.3) is 0 Å². The van der Waals surface area contributed by atoms with E-state index in [0.29, 0.717) is 17.0 Å². The SMILES string of the molecule is COc1ccc(S(=O)(=O)NCCC(=O)Nc2ccc([N+](=O)[O-])cc2C)cc1. The van der Waals surface area contributed by atoms with E-state index in [2.05, 4.69) is 10.0 Å². The molecule has 1 amide bonds. The molecule has 0 unspecified atom stereocenters. The Morgan fingerprint density at radius 1 is 1.19 bits per heavy atom. The Morgan fingerprint density at radius 2 is 1.85 bits per heavy atom. The minimum atomic E-state index is -3.74. The second-order valence-corrected chi connectivity index (χ2v) is 7.39. The van der Waals surface area contributed by atoms with E-state index < -0.39 is 20.9 Å². The lowest BCUT2D eigenvalue weighted by Gasteiger charge is -2.10. The van der Waals surface area contributed by atoms with Gasteiger partial charge in [0.15, 0.2) is 0 Å². The number of sulfonamides is 1. The maximum absolute atomic E-state index is 12.2. The number of amides is 1. The van der Waals surface area contributed by atoms with Gasteiger partial charge in [0.25, 0.3) is 5.69 Å². The summed E-state index contributed by atoms with van der Waals surface area (Å²) in [5, 5.41) is 13.3. The topological polar surface area (TPSA) is 128 Å². The van der Waals surface area contributed by atoms with E-state index >= 15 is 0 Å². The summed E-state index contributed by atoms with van der Waals surface area (Å²) >= 11 is 0. The highest BCUT2D eigenvalue weighted by Crippen LogP contribution is 2.21. The fraction of sp³-hybridized carbons (Fsp3) is 0.235. The molecule has 0 aromatic heterocycles. The Labute approximate surface area is 156 Å². The van der Waals surface area contributed by atoms with Crippen molar-refractivity contribution in [1.29, 1.82) is 0 Å². The molecule has 10 heteroatoms. The van der Waals surface area contributed by atoms with E-state index in [9.17, 15) is 23.3 Å². The number of nitro groups is 1. The number of carbonyl (C=O) groups excluding carboxylic acids is 1. The predicted octanol–water partition coefficient (Wildman–Crippen LogP) is 2.22. The van der Waals surface area contributed by atoms with Crippen molar-refractivity contribution < 1.29 is 22.9 Å². The van der Waals surface area contributed by atoms with Crippen LogP contribution in [0.5, 0.6) is 5.75 Å². The number of nitro benzene ring substituents is 1. The van der Waals surface area contributed by atoms with Crippen LogP contribution in [0.3, 0.4) is 0 Å². The van der Waals surface area contributed by atoms with Crippen LogP contribution >= 0.6 is 0 Å². The normalized spacial score (nSPS) is 11.0. The van der Waals surface area contributed by atoms with E-state index in [1.165, 1.54) is 49.6 Å². The molecule has 144 valence electrons. The molecular formula is C17H19N3O6S. The third kappa shape index (κ3) is 5.50. The van der Waals surface area contributed by atoms with Crippen molar-refractivity contribution in [2.45, 2.75) is 18.2 Å². The van der Waals surface area contributed by atoms with Crippen molar-refractivity contribution >= 4 is 27.3 Å². The minimum Gasteiger partial charge on any atom is -0.497 e. The first-order chi connectivity index (χ1) is 12.7. The first-order valence-corrected chi connectivity index (χ1v) is 9.40. The monoisotopic (exact) mass is 393 g/mol. The number of nitrogens with one attached hydrogen (secondary N) is 2. The average Bonchev–Trinajstić information content (AvgIpc) is 2.63. The fourth-order valence-corrected chi connectivity index (χ4v) is 3.28. The fourth-order valence-electron chi connectivity index (χ4n) is 2.25. The molecule has 0 spiro atoms. The number of rotatable bonds is 8. The van der Waals surface area contributed by atoms with Crippen molar-refractivity contribution in [3.05, 3.63) is 58.1 Å². The smallest absolute Gasteiger partial charge is 0.269 e. The molecule has 2 aromatic carbocycles. The number of aryl methyl sites for hydroxylation is 1. The lowest BCUT2D eigenvalue weighted by atomic mass is 10.1. The summed E-state index contributed by atoms with van der Waals surface area (Å²) in [6, 6.07) is 9.93. The number of anilines is 1. The summed E-state index contributed by atoms with van der Waals surface area (Å²) in [5.41, 5.74) is 0.901. The molecule has 0 aliphatic carbocycles. The quantitative estimate of drug-likeness (QED) is 0.523. The van der Waals surface area contributed by atoms with Gasteiger partial charge in [0.1, 0.15) is 5.75 Å². The lowest BCUT2D eigenvalue weighted by Crippen LogP contribution is -2.28. The third-order valence-corrected chi connectivity index (χ3v) is 5.19. The van der Waals surface area contributed by atoms with Crippen molar-refractivity contribution in [3.63, 3.8) is 0 Å². The maximum Gasteiger partial charge on any atom is 0.269 e. The van der Waals surface area contributed by atoms with Gasteiger partial charge < -0.3 is 10.1 Å². The molecule has 0 bridgehead atoms. The number of hydrogen-bond donors (Lipinski definition) is 2. The van der Waals surface area contributed by atoms with E-state index in [4.69, 9.17) is 4.74 Å². The van der Waals surface area contributed by atoms with Gasteiger partial charge in [-0.2, -0.15) is 0 Å². The van der Waals surface area contributed by atoms with E-state index in [1.54, 1.807) is 6.92 Å². The molecule has 2 aromatic rings. The molecule has 0 saturated heterocycles. The Morgan fingerprint density at radius 3 is 2.41 bits per heavy atom. The number of carbonyl (C=O) groups is 1. The standard InChI is InChI=1S/C17H19N3O6S/c1-12-11-13(20(22)23)3-8-16(12)19-17(21)9-10-18-27(24,25)15-6-4-14(26-2)5-7-15/h3-8,11,18H,9-10H2,1-2H3,(H,19,21). The zero-order valence-electron chi connectivity index (χ0n) is 14.8. The summed E-state index contributed by atoms with van der Waals surface area (Å²) in [4.78, 5) is 22.3. The summed E-state index contributed by atoms with van der Waals surface area (Å²) in [5.74, 6) is 0.121. The molecule has 0 aliphatic heterocycles. The Balaban J connectivity index is 1.90. The van der Waals surface area contributed by atoms with Crippen LogP contribution in [0.2, 0.25) is 0 Å². The minimum absolute atomic E-state index is 0.0647. The first-order valence-electron chi connectivity index (χ1n) is 7.91. The molecular weight excluding hydrogens is 374 g/mol. The highest BCUT2D eigenvalue weighted by atomic mass is 32.2. The van der Waals surface area contributed by atoms with Gasteiger partial charge in [-0.3, -0.25) is 14.9 Å². The second-order valence-electron chi connectivity index (χ2n) is 5.63. The molecule has 2 N–H and O–H groups in total. The number of ether oxygens (including phenoxy) is 1. The summed E-state index contributed by atoms with van der Waals surface area (Å²) in [6.45, 7) is 1.54. The van der Waals surface area contributed by atoms with Gasteiger partial charge >= 0.3 is 0 Å². The molecule has 27 heavy (non-hydrogen) atoms. The van der Waals surface area contributed by atoms with Gasteiger partial charge in [-0.15, -0.1) is 0 Å². The summed E-state index contributed by atoms with van der Waals surface area (Å²) in [7, 11) is -2.26. The zero-order valence-corrected chi connectivity index (χ0v) is 15.6. The van der Waals surface area contributed by atoms with E-state index in [-0.39, 0.29) is 23.5 Å². The van der Waals surface area contributed by atoms with Crippen LogP contribution < -0.4 is 14.8 Å². The van der Waals surface area contributed by atoms with Crippen molar-refractivity contribution in [2.75, 3.05) is 19.0 Å². The molecule has 0 heterocycles. The van der Waals surface area contributed by atoms with Gasteiger partial charge in [0.05, 0.1) is 16.9 Å². The molecule has 0 aliphatic rings. The molecule has 0 atom stereocenters. The number of methoxy groups -OCH3 is 1. The molecule has 0 fully saturated rings. The zero-order chi connectivity index (χ0) is 20.0.